The Kier molecular flexibility index (Phi) is 2.55. The second-order valence-electron chi connectivity index (χ2n) is 3.84. The van der Waals surface area contributed by atoms with E-state index < -0.39 is 0 Å². The van der Waals surface area contributed by atoms with Crippen LogP contribution >= 0.6 is 0 Å². The number of likely N-dealkylation sites (tertiary alicyclic amines) is 1. The maximum Gasteiger partial charge on any atom is 0.246 e. The van der Waals surface area contributed by atoms with Gasteiger partial charge in [-0.05, 0) is 24.8 Å². The van der Waals surface area contributed by atoms with Crippen LogP contribution in [0.2, 0.25) is 0 Å². The van der Waals surface area contributed by atoms with Crippen LogP contribution in [0.15, 0.2) is 12.7 Å². The second-order valence-corrected chi connectivity index (χ2v) is 3.84. The van der Waals surface area contributed by atoms with E-state index in [0.29, 0.717) is 17.9 Å². The molecule has 1 amide bonds. The summed E-state index contributed by atoms with van der Waals surface area (Å²) in [6.45, 7) is 10.9. The summed E-state index contributed by atoms with van der Waals surface area (Å²) in [5.41, 5.74) is 0. The minimum atomic E-state index is 0.0689. The highest BCUT2D eigenvalue weighted by Gasteiger charge is 2.38. The zero-order valence-electron chi connectivity index (χ0n) is 8.08. The zero-order chi connectivity index (χ0) is 9.30. The number of carbonyl (C=O) groups is 1. The third kappa shape index (κ3) is 1.38. The van der Waals surface area contributed by atoms with Crippen molar-refractivity contribution in [1.29, 1.82) is 0 Å². The molecule has 0 radical (unpaired) electrons. The summed E-state index contributed by atoms with van der Waals surface area (Å²) in [5.74, 6) is 1.42. The van der Waals surface area contributed by atoms with E-state index in [1.54, 1.807) is 0 Å². The summed E-state index contributed by atoms with van der Waals surface area (Å²) in [4.78, 5) is 13.1. The molecule has 1 aliphatic rings. The van der Waals surface area contributed by atoms with Crippen LogP contribution in [0.25, 0.3) is 0 Å². The first-order chi connectivity index (χ1) is 5.57. The summed E-state index contributed by atoms with van der Waals surface area (Å²) in [5, 5.41) is 0. The fourth-order valence-electron chi connectivity index (χ4n) is 1.81. The fraction of sp³-hybridized carbons (Fsp3) is 0.700. The molecule has 1 fully saturated rings. The van der Waals surface area contributed by atoms with Gasteiger partial charge in [0.1, 0.15) is 0 Å². The van der Waals surface area contributed by atoms with E-state index in [9.17, 15) is 4.79 Å². The van der Waals surface area contributed by atoms with Gasteiger partial charge in [-0.15, -0.1) is 0 Å². The van der Waals surface area contributed by atoms with E-state index in [-0.39, 0.29) is 5.91 Å². The molecule has 0 bridgehead atoms. The van der Waals surface area contributed by atoms with Crippen molar-refractivity contribution in [2.75, 3.05) is 6.54 Å². The Morgan fingerprint density at radius 2 is 2.25 bits per heavy atom. The number of carbonyl (C=O) groups excluding carboxylic acids is 1. The van der Waals surface area contributed by atoms with E-state index in [2.05, 4.69) is 27.4 Å². The van der Waals surface area contributed by atoms with Gasteiger partial charge in [0.05, 0.1) is 0 Å². The van der Waals surface area contributed by atoms with Crippen LogP contribution in [0.5, 0.6) is 0 Å². The van der Waals surface area contributed by atoms with Crippen LogP contribution in [0.3, 0.4) is 0 Å². The monoisotopic (exact) mass is 167 g/mol. The maximum atomic E-state index is 11.2. The molecule has 1 aliphatic heterocycles. The minimum Gasteiger partial charge on any atom is -0.336 e. The molecular weight excluding hydrogens is 150 g/mol. The first-order valence-electron chi connectivity index (χ1n) is 4.51. The molecular formula is C10H17NO. The Morgan fingerprint density at radius 1 is 1.67 bits per heavy atom. The molecule has 0 saturated carbocycles. The molecule has 0 aliphatic carbocycles. The third-order valence-corrected chi connectivity index (χ3v) is 2.83. The molecule has 12 heavy (non-hydrogen) atoms. The van der Waals surface area contributed by atoms with Gasteiger partial charge in [-0.2, -0.15) is 0 Å². The fourth-order valence-corrected chi connectivity index (χ4v) is 1.81. The van der Waals surface area contributed by atoms with Gasteiger partial charge in [0.15, 0.2) is 0 Å². The zero-order valence-corrected chi connectivity index (χ0v) is 8.08. The second kappa shape index (κ2) is 3.30. The van der Waals surface area contributed by atoms with Gasteiger partial charge in [-0.1, -0.05) is 20.4 Å². The molecule has 1 heterocycles. The predicted octanol–water partition coefficient (Wildman–Crippen LogP) is 1.68. The van der Waals surface area contributed by atoms with Crippen molar-refractivity contribution in [3.63, 3.8) is 0 Å². The SMILES string of the molecule is C=CC(=O)N1CC(C(C)C)C1C. The van der Waals surface area contributed by atoms with Crippen LogP contribution in [-0.2, 0) is 4.79 Å². The Labute approximate surface area is 74.2 Å². The molecule has 0 aromatic rings. The van der Waals surface area contributed by atoms with E-state index in [1.807, 2.05) is 4.90 Å². The Bertz CT molecular complexity index is 198. The summed E-state index contributed by atoms with van der Waals surface area (Å²) >= 11 is 0. The normalized spacial score (nSPS) is 28.5. The van der Waals surface area contributed by atoms with Gasteiger partial charge in [0.25, 0.3) is 0 Å². The smallest absolute Gasteiger partial charge is 0.246 e. The topological polar surface area (TPSA) is 20.3 Å². The standard InChI is InChI=1S/C10H17NO/c1-5-10(12)11-6-9(7(2)3)8(11)4/h5,7-9H,1,6H2,2-4H3. The lowest BCUT2D eigenvalue weighted by molar-refractivity contribution is -0.138. The van der Waals surface area contributed by atoms with Crippen molar-refractivity contribution in [1.82, 2.24) is 4.90 Å². The van der Waals surface area contributed by atoms with Crippen molar-refractivity contribution in [3.8, 4) is 0 Å². The molecule has 2 heteroatoms. The first-order valence-corrected chi connectivity index (χ1v) is 4.51. The highest BCUT2D eigenvalue weighted by atomic mass is 16.2. The van der Waals surface area contributed by atoms with Crippen LogP contribution < -0.4 is 0 Å². The molecule has 68 valence electrons. The van der Waals surface area contributed by atoms with Crippen LogP contribution in [0.4, 0.5) is 0 Å². The molecule has 0 aromatic heterocycles. The van der Waals surface area contributed by atoms with Crippen molar-refractivity contribution in [3.05, 3.63) is 12.7 Å². The lowest BCUT2D eigenvalue weighted by Gasteiger charge is -2.48. The minimum absolute atomic E-state index is 0.0689. The average Bonchev–Trinajstić information content (AvgIpc) is 2.00. The highest BCUT2D eigenvalue weighted by molar-refractivity contribution is 5.87. The summed E-state index contributed by atoms with van der Waals surface area (Å²) in [6.07, 6.45) is 1.40. The van der Waals surface area contributed by atoms with Gasteiger partial charge < -0.3 is 4.90 Å². The van der Waals surface area contributed by atoms with E-state index in [1.165, 1.54) is 6.08 Å². The molecule has 1 saturated heterocycles. The Hall–Kier alpha value is -0.790. The van der Waals surface area contributed by atoms with E-state index in [4.69, 9.17) is 0 Å². The number of nitrogens with zero attached hydrogens (tertiary/aromatic N) is 1. The molecule has 1 rings (SSSR count). The predicted molar refractivity (Wildman–Crippen MR) is 49.7 cm³/mol. The van der Waals surface area contributed by atoms with Crippen molar-refractivity contribution >= 4 is 5.91 Å². The molecule has 2 nitrogen and oxygen atoms in total. The summed E-state index contributed by atoms with van der Waals surface area (Å²) in [7, 11) is 0. The average molecular weight is 167 g/mol. The number of hydrogen-bond donors (Lipinski definition) is 0. The van der Waals surface area contributed by atoms with Gasteiger partial charge in [0.2, 0.25) is 5.91 Å². The summed E-state index contributed by atoms with van der Waals surface area (Å²) < 4.78 is 0. The number of rotatable bonds is 2. The van der Waals surface area contributed by atoms with E-state index >= 15 is 0 Å². The maximum absolute atomic E-state index is 11.2. The van der Waals surface area contributed by atoms with Crippen molar-refractivity contribution in [2.24, 2.45) is 11.8 Å². The molecule has 2 unspecified atom stereocenters. The lowest BCUT2D eigenvalue weighted by Crippen LogP contribution is -2.58. The van der Waals surface area contributed by atoms with Crippen molar-refractivity contribution in [2.45, 2.75) is 26.8 Å². The van der Waals surface area contributed by atoms with Gasteiger partial charge in [-0.3, -0.25) is 4.79 Å². The van der Waals surface area contributed by atoms with Crippen LogP contribution in [0.1, 0.15) is 20.8 Å². The third-order valence-electron chi connectivity index (χ3n) is 2.83. The van der Waals surface area contributed by atoms with Crippen molar-refractivity contribution < 1.29 is 4.79 Å². The first kappa shape index (κ1) is 9.30. The molecule has 0 aromatic carbocycles. The number of amides is 1. The largest absolute Gasteiger partial charge is 0.336 e. The van der Waals surface area contributed by atoms with Crippen LogP contribution in [-0.4, -0.2) is 23.4 Å². The van der Waals surface area contributed by atoms with E-state index in [0.717, 1.165) is 6.54 Å². The summed E-state index contributed by atoms with van der Waals surface area (Å²) in [6, 6.07) is 0.399. The Morgan fingerprint density at radius 3 is 2.58 bits per heavy atom. The number of hydrogen-bond acceptors (Lipinski definition) is 1. The van der Waals surface area contributed by atoms with Gasteiger partial charge >= 0.3 is 0 Å². The molecule has 0 N–H and O–H groups in total. The van der Waals surface area contributed by atoms with Crippen LogP contribution in [0, 0.1) is 11.8 Å². The Balaban J connectivity index is 2.48. The van der Waals surface area contributed by atoms with Gasteiger partial charge in [-0.25, -0.2) is 0 Å². The highest BCUT2D eigenvalue weighted by Crippen LogP contribution is 2.30. The molecule has 2 atom stereocenters. The van der Waals surface area contributed by atoms with Gasteiger partial charge in [0, 0.05) is 12.6 Å². The lowest BCUT2D eigenvalue weighted by atomic mass is 9.81. The molecule has 0 spiro atoms. The quantitative estimate of drug-likeness (QED) is 0.573.